The number of ether oxygens (including phenoxy) is 1. The van der Waals surface area contributed by atoms with Crippen molar-refractivity contribution in [2.45, 2.75) is 6.92 Å². The van der Waals surface area contributed by atoms with Crippen molar-refractivity contribution in [1.82, 2.24) is 9.97 Å². The molecule has 0 saturated carbocycles. The molecule has 19 heavy (non-hydrogen) atoms. The number of anilines is 2. The summed E-state index contributed by atoms with van der Waals surface area (Å²) in [4.78, 5) is 20.2. The van der Waals surface area contributed by atoms with Crippen LogP contribution in [0, 0.1) is 6.92 Å². The van der Waals surface area contributed by atoms with Gasteiger partial charge < -0.3 is 15.8 Å². The van der Waals surface area contributed by atoms with Gasteiger partial charge in [0, 0.05) is 6.20 Å². The van der Waals surface area contributed by atoms with Crippen LogP contribution < -0.4 is 15.8 Å². The van der Waals surface area contributed by atoms with Gasteiger partial charge in [0.25, 0.3) is 5.91 Å². The van der Waals surface area contributed by atoms with Crippen LogP contribution in [0.4, 0.5) is 11.5 Å². The SMILES string of the molecule is COc1ncccc1C(=O)Nc1ncc(N)cc1C. The highest BCUT2D eigenvalue weighted by Crippen LogP contribution is 2.18. The van der Waals surface area contributed by atoms with E-state index in [1.807, 2.05) is 6.92 Å². The van der Waals surface area contributed by atoms with Gasteiger partial charge in [0.2, 0.25) is 5.88 Å². The van der Waals surface area contributed by atoms with Crippen molar-refractivity contribution in [1.29, 1.82) is 0 Å². The van der Waals surface area contributed by atoms with Crippen molar-refractivity contribution in [3.05, 3.63) is 41.7 Å². The monoisotopic (exact) mass is 258 g/mol. The van der Waals surface area contributed by atoms with Gasteiger partial charge in [-0.2, -0.15) is 0 Å². The first-order valence-electron chi connectivity index (χ1n) is 5.64. The van der Waals surface area contributed by atoms with Crippen molar-refractivity contribution in [2.75, 3.05) is 18.2 Å². The summed E-state index contributed by atoms with van der Waals surface area (Å²) in [6, 6.07) is 5.04. The molecular weight excluding hydrogens is 244 g/mol. The van der Waals surface area contributed by atoms with Gasteiger partial charge in [-0.1, -0.05) is 0 Å². The van der Waals surface area contributed by atoms with Crippen LogP contribution >= 0.6 is 0 Å². The summed E-state index contributed by atoms with van der Waals surface area (Å²) in [5, 5.41) is 2.70. The molecule has 0 radical (unpaired) electrons. The molecule has 98 valence electrons. The molecular formula is C13H14N4O2. The van der Waals surface area contributed by atoms with Gasteiger partial charge in [-0.25, -0.2) is 9.97 Å². The maximum absolute atomic E-state index is 12.1. The highest BCUT2D eigenvalue weighted by Gasteiger charge is 2.14. The largest absolute Gasteiger partial charge is 0.480 e. The number of amides is 1. The first-order chi connectivity index (χ1) is 9.11. The molecule has 2 heterocycles. The van der Waals surface area contributed by atoms with E-state index in [4.69, 9.17) is 10.5 Å². The lowest BCUT2D eigenvalue weighted by molar-refractivity contribution is 0.102. The Labute approximate surface area is 110 Å². The van der Waals surface area contributed by atoms with E-state index >= 15 is 0 Å². The molecule has 6 heteroatoms. The predicted molar refractivity (Wildman–Crippen MR) is 72.1 cm³/mol. The summed E-state index contributed by atoms with van der Waals surface area (Å²) in [6.45, 7) is 1.82. The minimum absolute atomic E-state index is 0.271. The number of aryl methyl sites for hydroxylation is 1. The fourth-order valence-corrected chi connectivity index (χ4v) is 1.63. The molecule has 2 aromatic rings. The molecule has 0 aliphatic rings. The van der Waals surface area contributed by atoms with E-state index in [0.717, 1.165) is 5.56 Å². The van der Waals surface area contributed by atoms with Crippen molar-refractivity contribution in [3.63, 3.8) is 0 Å². The summed E-state index contributed by atoms with van der Waals surface area (Å²) in [5.41, 5.74) is 7.30. The van der Waals surface area contributed by atoms with Crippen LogP contribution in [0.2, 0.25) is 0 Å². The molecule has 0 spiro atoms. The number of nitrogens with zero attached hydrogens (tertiary/aromatic N) is 2. The van der Waals surface area contributed by atoms with Gasteiger partial charge >= 0.3 is 0 Å². The molecule has 3 N–H and O–H groups in total. The topological polar surface area (TPSA) is 90.1 Å². The Hall–Kier alpha value is -2.63. The third-order valence-electron chi connectivity index (χ3n) is 2.54. The highest BCUT2D eigenvalue weighted by molar-refractivity contribution is 6.05. The average molecular weight is 258 g/mol. The number of nitrogens with one attached hydrogen (secondary N) is 1. The van der Waals surface area contributed by atoms with Crippen molar-refractivity contribution in [2.24, 2.45) is 0 Å². The number of rotatable bonds is 3. The van der Waals surface area contributed by atoms with E-state index < -0.39 is 0 Å². The highest BCUT2D eigenvalue weighted by atomic mass is 16.5. The molecule has 0 bridgehead atoms. The number of hydrogen-bond donors (Lipinski definition) is 2. The fourth-order valence-electron chi connectivity index (χ4n) is 1.63. The van der Waals surface area contributed by atoms with Gasteiger partial charge in [0.1, 0.15) is 11.4 Å². The zero-order valence-electron chi connectivity index (χ0n) is 10.7. The molecule has 0 aliphatic heterocycles. The Morgan fingerprint density at radius 2 is 2.21 bits per heavy atom. The quantitative estimate of drug-likeness (QED) is 0.873. The zero-order valence-corrected chi connectivity index (χ0v) is 10.7. The Kier molecular flexibility index (Phi) is 3.61. The zero-order chi connectivity index (χ0) is 13.8. The maximum atomic E-state index is 12.1. The second-order valence-corrected chi connectivity index (χ2v) is 3.95. The van der Waals surface area contributed by atoms with Crippen LogP contribution in [0.1, 0.15) is 15.9 Å². The molecule has 1 amide bonds. The van der Waals surface area contributed by atoms with Crippen LogP contribution in [0.25, 0.3) is 0 Å². The summed E-state index contributed by atoms with van der Waals surface area (Å²) < 4.78 is 5.04. The molecule has 0 fully saturated rings. The van der Waals surface area contributed by atoms with Gasteiger partial charge in [0.05, 0.1) is 19.0 Å². The number of pyridine rings is 2. The van der Waals surface area contributed by atoms with Crippen molar-refractivity contribution >= 4 is 17.4 Å². The summed E-state index contributed by atoms with van der Waals surface area (Å²) in [5.74, 6) is 0.406. The lowest BCUT2D eigenvalue weighted by Crippen LogP contribution is -2.15. The van der Waals surface area contributed by atoms with Crippen LogP contribution in [0.3, 0.4) is 0 Å². The summed E-state index contributed by atoms with van der Waals surface area (Å²) in [6.07, 6.45) is 3.05. The molecule has 0 saturated heterocycles. The Morgan fingerprint density at radius 3 is 2.89 bits per heavy atom. The number of methoxy groups -OCH3 is 1. The minimum atomic E-state index is -0.328. The van der Waals surface area contributed by atoms with Crippen LogP contribution in [-0.4, -0.2) is 23.0 Å². The van der Waals surface area contributed by atoms with Crippen LogP contribution in [0.5, 0.6) is 5.88 Å². The normalized spacial score (nSPS) is 10.0. The fraction of sp³-hybridized carbons (Fsp3) is 0.154. The third-order valence-corrected chi connectivity index (χ3v) is 2.54. The lowest BCUT2D eigenvalue weighted by atomic mass is 10.2. The van der Waals surface area contributed by atoms with E-state index in [9.17, 15) is 4.79 Å². The first kappa shape index (κ1) is 12.8. The molecule has 2 rings (SSSR count). The van der Waals surface area contributed by atoms with E-state index in [1.165, 1.54) is 13.3 Å². The Balaban J connectivity index is 2.26. The number of hydrogen-bond acceptors (Lipinski definition) is 5. The summed E-state index contributed by atoms with van der Waals surface area (Å²) >= 11 is 0. The molecule has 0 aromatic carbocycles. The number of nitrogen functional groups attached to an aromatic ring is 1. The second kappa shape index (κ2) is 5.34. The van der Waals surface area contributed by atoms with Crippen molar-refractivity contribution < 1.29 is 9.53 Å². The molecule has 0 atom stereocenters. The number of aromatic nitrogens is 2. The molecule has 0 aliphatic carbocycles. The Bertz CT molecular complexity index is 613. The number of nitrogens with two attached hydrogens (primary N) is 1. The van der Waals surface area contributed by atoms with E-state index in [0.29, 0.717) is 17.1 Å². The maximum Gasteiger partial charge on any atom is 0.262 e. The van der Waals surface area contributed by atoms with Gasteiger partial charge in [-0.3, -0.25) is 4.79 Å². The molecule has 0 unspecified atom stereocenters. The lowest BCUT2D eigenvalue weighted by Gasteiger charge is -2.09. The minimum Gasteiger partial charge on any atom is -0.480 e. The predicted octanol–water partition coefficient (Wildman–Crippen LogP) is 1.63. The molecule has 6 nitrogen and oxygen atoms in total. The smallest absolute Gasteiger partial charge is 0.262 e. The number of carbonyl (C=O) groups excluding carboxylic acids is 1. The second-order valence-electron chi connectivity index (χ2n) is 3.95. The van der Waals surface area contributed by atoms with Crippen LogP contribution in [-0.2, 0) is 0 Å². The van der Waals surface area contributed by atoms with Gasteiger partial charge in [-0.05, 0) is 30.7 Å². The van der Waals surface area contributed by atoms with Gasteiger partial charge in [0.15, 0.2) is 0 Å². The van der Waals surface area contributed by atoms with E-state index in [2.05, 4.69) is 15.3 Å². The van der Waals surface area contributed by atoms with Gasteiger partial charge in [-0.15, -0.1) is 0 Å². The van der Waals surface area contributed by atoms with Crippen molar-refractivity contribution in [3.8, 4) is 5.88 Å². The first-order valence-corrected chi connectivity index (χ1v) is 5.64. The summed E-state index contributed by atoms with van der Waals surface area (Å²) in [7, 11) is 1.46. The van der Waals surface area contributed by atoms with E-state index in [1.54, 1.807) is 24.4 Å². The third kappa shape index (κ3) is 2.79. The standard InChI is InChI=1S/C13H14N4O2/c1-8-6-9(14)7-16-11(8)17-12(18)10-4-3-5-15-13(10)19-2/h3-7H,14H2,1-2H3,(H,16,17,18). The molecule has 2 aromatic heterocycles. The van der Waals surface area contributed by atoms with E-state index in [-0.39, 0.29) is 11.8 Å². The number of carbonyl (C=O) groups is 1. The Morgan fingerprint density at radius 1 is 1.42 bits per heavy atom. The van der Waals surface area contributed by atoms with Crippen LogP contribution in [0.15, 0.2) is 30.6 Å². The average Bonchev–Trinajstić information content (AvgIpc) is 2.41.